The molecule has 1 aliphatic carbocycles. The number of amides is 2. The van der Waals surface area contributed by atoms with Gasteiger partial charge >= 0.3 is 0 Å². The van der Waals surface area contributed by atoms with Gasteiger partial charge in [0.1, 0.15) is 12.4 Å². The molecule has 2 fully saturated rings. The Balaban J connectivity index is 1.41. The second-order valence-corrected chi connectivity index (χ2v) is 19.6. The number of sulfonamides is 1. The SMILES string of the molecule is C=CCC[C@H](C(=O)N1CCN(S(=O)(=O)N(C)C)CC1)S(=O)(=O)NC(=O)c1ccc2c(c1)N(C[C@@H]1CC[C@H]1[C@H](/C=C/CC)OC)CCCCc1cc(Cl)ccc1CO2. The van der Waals surface area contributed by atoms with Crippen molar-refractivity contribution in [2.45, 2.75) is 76.3 Å². The highest BCUT2D eigenvalue weighted by molar-refractivity contribution is 7.91. The highest BCUT2D eigenvalue weighted by atomic mass is 35.5. The Morgan fingerprint density at radius 2 is 1.79 bits per heavy atom. The Labute approximate surface area is 344 Å². The Hall–Kier alpha value is -3.47. The van der Waals surface area contributed by atoms with Gasteiger partial charge in [0.25, 0.3) is 16.1 Å². The first-order chi connectivity index (χ1) is 27.2. The third-order valence-electron chi connectivity index (χ3n) is 11.3. The molecule has 2 aromatic carbocycles. The molecule has 57 heavy (non-hydrogen) atoms. The lowest BCUT2D eigenvalue weighted by Crippen LogP contribution is -2.56. The summed E-state index contributed by atoms with van der Waals surface area (Å²) in [5, 5.41) is -0.917. The number of halogens is 1. The molecular weight excluding hydrogens is 790 g/mol. The molecule has 1 saturated heterocycles. The van der Waals surface area contributed by atoms with Crippen molar-refractivity contribution in [2.24, 2.45) is 11.8 Å². The summed E-state index contributed by atoms with van der Waals surface area (Å²) in [6, 6.07) is 10.7. The van der Waals surface area contributed by atoms with E-state index >= 15 is 0 Å². The zero-order valence-electron chi connectivity index (χ0n) is 33.6. The lowest BCUT2D eigenvalue weighted by Gasteiger charge is -2.43. The third-order valence-corrected chi connectivity index (χ3v) is 15.1. The first kappa shape index (κ1) is 44.6. The maximum absolute atomic E-state index is 13.9. The highest BCUT2D eigenvalue weighted by Gasteiger charge is 2.40. The summed E-state index contributed by atoms with van der Waals surface area (Å²) in [5.74, 6) is -0.341. The summed E-state index contributed by atoms with van der Waals surface area (Å²) in [5.41, 5.74) is 2.94. The molecule has 1 saturated carbocycles. The number of piperazine rings is 1. The van der Waals surface area contributed by atoms with E-state index in [1.165, 1.54) is 35.4 Å². The molecule has 2 amide bonds. The number of nitrogens with one attached hydrogen (secondary N) is 1. The van der Waals surface area contributed by atoms with Crippen molar-refractivity contribution in [3.8, 4) is 5.75 Å². The molecule has 314 valence electrons. The van der Waals surface area contributed by atoms with Gasteiger partial charge in [0, 0.05) is 71.1 Å². The van der Waals surface area contributed by atoms with Crippen LogP contribution in [0.5, 0.6) is 5.75 Å². The van der Waals surface area contributed by atoms with Crippen molar-refractivity contribution in [1.82, 2.24) is 18.2 Å². The molecule has 0 aromatic heterocycles. The minimum absolute atomic E-state index is 0.00313. The molecule has 0 unspecified atom stereocenters. The van der Waals surface area contributed by atoms with Gasteiger partial charge in [0.15, 0.2) is 5.25 Å². The zero-order valence-corrected chi connectivity index (χ0v) is 36.0. The largest absolute Gasteiger partial charge is 0.487 e. The molecule has 2 aliphatic heterocycles. The third kappa shape index (κ3) is 11.0. The Kier molecular flexibility index (Phi) is 15.7. The topological polar surface area (TPSA) is 146 Å². The minimum Gasteiger partial charge on any atom is -0.487 e. The predicted molar refractivity (Wildman–Crippen MR) is 224 cm³/mol. The van der Waals surface area contributed by atoms with Gasteiger partial charge in [-0.25, -0.2) is 13.1 Å². The van der Waals surface area contributed by atoms with Crippen LogP contribution in [0.4, 0.5) is 5.69 Å². The fourth-order valence-electron chi connectivity index (χ4n) is 7.80. The molecule has 13 nitrogen and oxygen atoms in total. The van der Waals surface area contributed by atoms with Gasteiger partial charge in [-0.3, -0.25) is 9.59 Å². The van der Waals surface area contributed by atoms with E-state index in [4.69, 9.17) is 21.1 Å². The number of anilines is 1. The van der Waals surface area contributed by atoms with Crippen LogP contribution >= 0.6 is 11.6 Å². The number of ether oxygens (including phenoxy) is 2. The van der Waals surface area contributed by atoms with E-state index in [0.717, 1.165) is 54.0 Å². The van der Waals surface area contributed by atoms with Gasteiger partial charge in [-0.2, -0.15) is 17.0 Å². The molecule has 2 aromatic rings. The molecular formula is C41H58ClN5O8S2. The summed E-state index contributed by atoms with van der Waals surface area (Å²) in [4.78, 5) is 31.3. The summed E-state index contributed by atoms with van der Waals surface area (Å²) in [6.07, 6.45) is 11.5. The molecule has 0 spiro atoms. The average molecular weight is 849 g/mol. The standard InChI is InChI=1S/C41H58ClN5O8S2/c1-6-8-13-37(54-5)35-19-16-32(35)28-46-21-11-10-12-30-26-34(42)18-15-33(30)29-55-38-20-17-31(27-36(38)46)40(48)43-56(50,51)39(14-9-7-2)41(49)45-22-24-47(25-23-45)57(52,53)44(3)4/h7-8,13,15,17-18,20,26-27,32,35,37,39H,2,6,9-12,14,16,19,21-25,28-29H2,1,3-5H3,(H,43,48)/b13-8+/t32-,35+,37-,39+/m0/s1. The van der Waals surface area contributed by atoms with E-state index in [1.807, 2.05) is 18.2 Å². The van der Waals surface area contributed by atoms with Gasteiger partial charge in [-0.1, -0.05) is 42.8 Å². The van der Waals surface area contributed by atoms with Gasteiger partial charge in [0.05, 0.1) is 11.8 Å². The number of allylic oxidation sites excluding steroid dienone is 2. The van der Waals surface area contributed by atoms with E-state index in [0.29, 0.717) is 41.4 Å². The zero-order chi connectivity index (χ0) is 41.3. The van der Waals surface area contributed by atoms with E-state index in [1.54, 1.807) is 19.2 Å². The van der Waals surface area contributed by atoms with E-state index in [-0.39, 0.29) is 57.3 Å². The quantitative estimate of drug-likeness (QED) is 0.233. The highest BCUT2D eigenvalue weighted by Crippen LogP contribution is 2.41. The van der Waals surface area contributed by atoms with Crippen molar-refractivity contribution in [3.63, 3.8) is 0 Å². The lowest BCUT2D eigenvalue weighted by molar-refractivity contribution is -0.132. The number of rotatable bonds is 15. The molecule has 1 N–H and O–H groups in total. The minimum atomic E-state index is -4.54. The second kappa shape index (κ2) is 20.0. The van der Waals surface area contributed by atoms with E-state index < -0.39 is 37.3 Å². The summed E-state index contributed by atoms with van der Waals surface area (Å²) >= 11 is 6.37. The van der Waals surface area contributed by atoms with Gasteiger partial charge < -0.3 is 19.3 Å². The Morgan fingerprint density at radius 3 is 2.44 bits per heavy atom. The smallest absolute Gasteiger partial charge is 0.281 e. The molecule has 0 bridgehead atoms. The van der Waals surface area contributed by atoms with Crippen LogP contribution in [0.15, 0.2) is 61.2 Å². The molecule has 16 heteroatoms. The van der Waals surface area contributed by atoms with Gasteiger partial charge in [-0.05, 0) is 105 Å². The maximum Gasteiger partial charge on any atom is 0.281 e. The van der Waals surface area contributed by atoms with E-state index in [9.17, 15) is 26.4 Å². The van der Waals surface area contributed by atoms with E-state index in [2.05, 4.69) is 35.3 Å². The van der Waals surface area contributed by atoms with Crippen molar-refractivity contribution < 1.29 is 35.9 Å². The molecule has 5 rings (SSSR count). The molecule has 4 atom stereocenters. The number of carbonyl (C=O) groups is 2. The number of hydrogen-bond acceptors (Lipinski definition) is 9. The van der Waals surface area contributed by atoms with Crippen molar-refractivity contribution in [2.75, 3.05) is 65.4 Å². The maximum atomic E-state index is 13.9. The van der Waals surface area contributed by atoms with Crippen LogP contribution in [0.1, 0.15) is 73.4 Å². The average Bonchev–Trinajstić information content (AvgIpc) is 3.20. The first-order valence-electron chi connectivity index (χ1n) is 19.8. The number of carbonyl (C=O) groups excluding carboxylic acids is 2. The van der Waals surface area contributed by atoms with Crippen LogP contribution in [0.3, 0.4) is 0 Å². The molecule has 3 aliphatic rings. The Bertz CT molecular complexity index is 1990. The van der Waals surface area contributed by atoms with Crippen LogP contribution in [0, 0.1) is 11.8 Å². The van der Waals surface area contributed by atoms with Crippen molar-refractivity contribution in [1.29, 1.82) is 0 Å². The van der Waals surface area contributed by atoms with Crippen LogP contribution in [-0.4, -0.2) is 114 Å². The number of hydrogen-bond donors (Lipinski definition) is 1. The number of methoxy groups -OCH3 is 1. The summed E-state index contributed by atoms with van der Waals surface area (Å²) < 4.78 is 70.1. The Morgan fingerprint density at radius 1 is 1.04 bits per heavy atom. The van der Waals surface area contributed by atoms with Crippen molar-refractivity contribution in [3.05, 3.63) is 82.9 Å². The van der Waals surface area contributed by atoms with Gasteiger partial charge in [0.2, 0.25) is 15.9 Å². The van der Waals surface area contributed by atoms with Crippen LogP contribution in [-0.2, 0) is 42.8 Å². The number of aryl methyl sites for hydroxylation is 1. The second-order valence-electron chi connectivity index (χ2n) is 15.2. The monoisotopic (exact) mass is 847 g/mol. The summed E-state index contributed by atoms with van der Waals surface area (Å²) in [7, 11) is -3.64. The number of fused-ring (bicyclic) bond motifs is 2. The molecule has 0 radical (unpaired) electrons. The fourth-order valence-corrected chi connectivity index (χ4v) is 10.5. The predicted octanol–water partition coefficient (Wildman–Crippen LogP) is 5.41. The normalized spacial score (nSPS) is 20.7. The molecule has 2 heterocycles. The number of benzene rings is 2. The van der Waals surface area contributed by atoms with Gasteiger partial charge in [-0.15, -0.1) is 6.58 Å². The van der Waals surface area contributed by atoms with Crippen LogP contribution in [0.2, 0.25) is 5.02 Å². The first-order valence-corrected chi connectivity index (χ1v) is 23.1. The number of nitrogens with zero attached hydrogens (tertiary/aromatic N) is 4. The fraction of sp³-hybridized carbons (Fsp3) is 0.561. The lowest BCUT2D eigenvalue weighted by atomic mass is 9.70. The van der Waals surface area contributed by atoms with Crippen LogP contribution in [0.25, 0.3) is 0 Å². The summed E-state index contributed by atoms with van der Waals surface area (Å²) in [6.45, 7) is 7.52. The van der Waals surface area contributed by atoms with Crippen molar-refractivity contribution >= 4 is 49.3 Å². The van der Waals surface area contributed by atoms with Crippen LogP contribution < -0.4 is 14.4 Å².